The lowest BCUT2D eigenvalue weighted by molar-refractivity contribution is -0.133. The predicted molar refractivity (Wildman–Crippen MR) is 72.9 cm³/mol. The Bertz CT molecular complexity index is 468. The summed E-state index contributed by atoms with van der Waals surface area (Å²) in [6.07, 6.45) is -2.68. The smallest absolute Gasteiger partial charge is 0.255 e. The Morgan fingerprint density at radius 1 is 1.29 bits per heavy atom. The third-order valence-corrected chi connectivity index (χ3v) is 2.88. The normalized spacial score (nSPS) is 10.6. The SMILES string of the molecule is COc1ccc(CC(=O)N(CCO)CC(F)F)cc1OC. The topological polar surface area (TPSA) is 59.0 Å². The number of ether oxygens (including phenoxy) is 2. The third-order valence-electron chi connectivity index (χ3n) is 2.88. The van der Waals surface area contributed by atoms with E-state index in [2.05, 4.69) is 0 Å². The van der Waals surface area contributed by atoms with Crippen LogP contribution in [-0.4, -0.2) is 56.3 Å². The minimum atomic E-state index is -2.63. The van der Waals surface area contributed by atoms with Gasteiger partial charge in [-0.3, -0.25) is 4.79 Å². The van der Waals surface area contributed by atoms with Gasteiger partial charge in [-0.05, 0) is 17.7 Å². The molecule has 1 amide bonds. The first-order chi connectivity index (χ1) is 10.0. The zero-order chi connectivity index (χ0) is 15.8. The van der Waals surface area contributed by atoms with Gasteiger partial charge in [-0.1, -0.05) is 6.07 Å². The fourth-order valence-electron chi connectivity index (χ4n) is 1.88. The average molecular weight is 303 g/mol. The van der Waals surface area contributed by atoms with Crippen molar-refractivity contribution in [2.75, 3.05) is 33.9 Å². The zero-order valence-corrected chi connectivity index (χ0v) is 12.0. The molecule has 21 heavy (non-hydrogen) atoms. The van der Waals surface area contributed by atoms with Crippen LogP contribution in [0.3, 0.4) is 0 Å². The van der Waals surface area contributed by atoms with Crippen LogP contribution in [0.15, 0.2) is 18.2 Å². The number of alkyl halides is 2. The highest BCUT2D eigenvalue weighted by molar-refractivity contribution is 5.79. The molecule has 0 radical (unpaired) electrons. The first-order valence-corrected chi connectivity index (χ1v) is 6.39. The molecule has 0 unspecified atom stereocenters. The molecule has 0 spiro atoms. The van der Waals surface area contributed by atoms with Crippen LogP contribution >= 0.6 is 0 Å². The van der Waals surface area contributed by atoms with Gasteiger partial charge in [0.1, 0.15) is 0 Å². The standard InChI is InChI=1S/C14H19F2NO4/c1-20-11-4-3-10(7-12(11)21-2)8-14(19)17(5-6-18)9-13(15)16/h3-4,7,13,18H,5-6,8-9H2,1-2H3. The number of amides is 1. The van der Waals surface area contributed by atoms with Crippen molar-refractivity contribution in [2.24, 2.45) is 0 Å². The van der Waals surface area contributed by atoms with Crippen LogP contribution in [0.1, 0.15) is 5.56 Å². The van der Waals surface area contributed by atoms with Gasteiger partial charge >= 0.3 is 0 Å². The molecule has 5 nitrogen and oxygen atoms in total. The largest absolute Gasteiger partial charge is 0.493 e. The Morgan fingerprint density at radius 2 is 1.95 bits per heavy atom. The van der Waals surface area contributed by atoms with E-state index in [-0.39, 0.29) is 19.6 Å². The molecular formula is C14H19F2NO4. The Hall–Kier alpha value is -1.89. The molecule has 0 saturated heterocycles. The Balaban J connectivity index is 2.80. The van der Waals surface area contributed by atoms with Crippen molar-refractivity contribution in [3.05, 3.63) is 23.8 Å². The average Bonchev–Trinajstić information content (AvgIpc) is 2.46. The second kappa shape index (κ2) is 8.41. The van der Waals surface area contributed by atoms with E-state index >= 15 is 0 Å². The summed E-state index contributed by atoms with van der Waals surface area (Å²) in [6, 6.07) is 4.93. The van der Waals surface area contributed by atoms with Gasteiger partial charge in [-0.2, -0.15) is 0 Å². The summed E-state index contributed by atoms with van der Waals surface area (Å²) in [5.74, 6) is 0.510. The van der Waals surface area contributed by atoms with Crippen molar-refractivity contribution in [1.29, 1.82) is 0 Å². The van der Waals surface area contributed by atoms with E-state index < -0.39 is 18.9 Å². The molecule has 1 aromatic rings. The summed E-state index contributed by atoms with van der Waals surface area (Å²) in [6.45, 7) is -1.16. The van der Waals surface area contributed by atoms with E-state index in [1.165, 1.54) is 14.2 Å². The molecule has 0 saturated carbocycles. The second-order valence-corrected chi connectivity index (χ2v) is 4.32. The number of carbonyl (C=O) groups excluding carboxylic acids is 1. The molecule has 0 aliphatic carbocycles. The number of aliphatic hydroxyl groups is 1. The molecule has 0 aliphatic rings. The number of benzene rings is 1. The Morgan fingerprint density at radius 3 is 2.48 bits per heavy atom. The van der Waals surface area contributed by atoms with Crippen molar-refractivity contribution in [1.82, 2.24) is 4.90 Å². The highest BCUT2D eigenvalue weighted by atomic mass is 19.3. The molecule has 7 heteroatoms. The molecule has 0 heterocycles. The van der Waals surface area contributed by atoms with Crippen LogP contribution in [-0.2, 0) is 11.2 Å². The van der Waals surface area contributed by atoms with E-state index in [0.29, 0.717) is 17.1 Å². The van der Waals surface area contributed by atoms with Gasteiger partial charge in [-0.15, -0.1) is 0 Å². The summed E-state index contributed by atoms with van der Waals surface area (Å²) in [5.41, 5.74) is 0.620. The summed E-state index contributed by atoms with van der Waals surface area (Å²) >= 11 is 0. The van der Waals surface area contributed by atoms with Gasteiger partial charge < -0.3 is 19.5 Å². The van der Waals surface area contributed by atoms with Crippen LogP contribution < -0.4 is 9.47 Å². The summed E-state index contributed by atoms with van der Waals surface area (Å²) in [4.78, 5) is 12.9. The quantitative estimate of drug-likeness (QED) is 0.787. The van der Waals surface area contributed by atoms with E-state index in [1.54, 1.807) is 18.2 Å². The first kappa shape index (κ1) is 17.2. The van der Waals surface area contributed by atoms with Gasteiger partial charge in [0.25, 0.3) is 6.43 Å². The van der Waals surface area contributed by atoms with Gasteiger partial charge in [-0.25, -0.2) is 8.78 Å². The van der Waals surface area contributed by atoms with Crippen LogP contribution in [0.5, 0.6) is 11.5 Å². The van der Waals surface area contributed by atoms with E-state index in [4.69, 9.17) is 14.6 Å². The highest BCUT2D eigenvalue weighted by Gasteiger charge is 2.18. The maximum atomic E-state index is 12.4. The van der Waals surface area contributed by atoms with Crippen molar-refractivity contribution in [2.45, 2.75) is 12.8 Å². The minimum Gasteiger partial charge on any atom is -0.493 e. The molecule has 0 atom stereocenters. The van der Waals surface area contributed by atoms with E-state index in [0.717, 1.165) is 4.90 Å². The van der Waals surface area contributed by atoms with Crippen LogP contribution in [0.2, 0.25) is 0 Å². The molecular weight excluding hydrogens is 284 g/mol. The van der Waals surface area contributed by atoms with Crippen molar-refractivity contribution < 1.29 is 28.2 Å². The molecule has 1 N–H and O–H groups in total. The molecule has 0 bridgehead atoms. The van der Waals surface area contributed by atoms with Gasteiger partial charge in [0.15, 0.2) is 11.5 Å². The van der Waals surface area contributed by atoms with Crippen LogP contribution in [0.4, 0.5) is 8.78 Å². The molecule has 1 aromatic carbocycles. The fraction of sp³-hybridized carbons (Fsp3) is 0.500. The summed E-state index contributed by atoms with van der Waals surface area (Å²) in [7, 11) is 2.96. The maximum absolute atomic E-state index is 12.4. The van der Waals surface area contributed by atoms with Gasteiger partial charge in [0.2, 0.25) is 5.91 Å². The molecule has 0 fully saturated rings. The number of aliphatic hydroxyl groups excluding tert-OH is 1. The lowest BCUT2D eigenvalue weighted by atomic mass is 10.1. The Labute approximate surface area is 122 Å². The monoisotopic (exact) mass is 303 g/mol. The van der Waals surface area contributed by atoms with Crippen LogP contribution in [0, 0.1) is 0 Å². The molecule has 0 aromatic heterocycles. The number of hydrogen-bond acceptors (Lipinski definition) is 4. The number of rotatable bonds is 8. The van der Waals surface area contributed by atoms with Crippen molar-refractivity contribution in [3.8, 4) is 11.5 Å². The predicted octanol–water partition coefficient (Wildman–Crippen LogP) is 1.33. The first-order valence-electron chi connectivity index (χ1n) is 6.39. The maximum Gasteiger partial charge on any atom is 0.255 e. The Kier molecular flexibility index (Phi) is 6.87. The van der Waals surface area contributed by atoms with Gasteiger partial charge in [0, 0.05) is 6.54 Å². The number of nitrogens with zero attached hydrogens (tertiary/aromatic N) is 1. The van der Waals surface area contributed by atoms with Gasteiger partial charge in [0.05, 0.1) is 33.8 Å². The van der Waals surface area contributed by atoms with Crippen LogP contribution in [0.25, 0.3) is 0 Å². The zero-order valence-electron chi connectivity index (χ0n) is 12.0. The fourth-order valence-corrected chi connectivity index (χ4v) is 1.88. The van der Waals surface area contributed by atoms with Crippen molar-refractivity contribution in [3.63, 3.8) is 0 Å². The number of carbonyl (C=O) groups is 1. The second-order valence-electron chi connectivity index (χ2n) is 4.32. The highest BCUT2D eigenvalue weighted by Crippen LogP contribution is 2.27. The lowest BCUT2D eigenvalue weighted by Gasteiger charge is -2.21. The molecule has 1 rings (SSSR count). The van der Waals surface area contributed by atoms with Crippen molar-refractivity contribution >= 4 is 5.91 Å². The lowest BCUT2D eigenvalue weighted by Crippen LogP contribution is -2.38. The third kappa shape index (κ3) is 5.18. The number of hydrogen-bond donors (Lipinski definition) is 1. The number of halogens is 2. The summed E-state index contributed by atoms with van der Waals surface area (Å²) < 4.78 is 35.0. The van der Waals surface area contributed by atoms with E-state index in [9.17, 15) is 13.6 Å². The van der Waals surface area contributed by atoms with E-state index in [1.807, 2.05) is 0 Å². The number of methoxy groups -OCH3 is 2. The summed E-state index contributed by atoms with van der Waals surface area (Å²) in [5, 5.41) is 8.84. The molecule has 0 aliphatic heterocycles. The minimum absolute atomic E-state index is 0.0485. The molecule has 118 valence electrons.